The van der Waals surface area contributed by atoms with Crippen LogP contribution in [0.2, 0.25) is 5.02 Å². The molecule has 0 aromatic heterocycles. The molecule has 2 atom stereocenters. The second-order valence-electron chi connectivity index (χ2n) is 7.65. The van der Waals surface area contributed by atoms with Gasteiger partial charge in [-0.25, -0.2) is 4.39 Å². The highest BCUT2D eigenvalue weighted by Crippen LogP contribution is 2.37. The summed E-state index contributed by atoms with van der Waals surface area (Å²) in [6, 6.07) is 14.3. The lowest BCUT2D eigenvalue weighted by Crippen LogP contribution is -2.23. The first-order valence-electron chi connectivity index (χ1n) is 10.3. The van der Waals surface area contributed by atoms with Crippen LogP contribution in [0, 0.1) is 17.1 Å². The standard InChI is InChI=1S/C25H25ClFN3O/c1-17(21-10-11-24(27)23(26)16-21)29-13-2-3-18-4-5-22(15-18)19-6-8-20(9-7-19)25(31)30-14-12-28/h2-3,6-11,13,16-17,22,29H,4-5,14-15H2,1H3,(H,30,31)/b13-2+,18-3+/t17-,22+/m1/s1. The molecular weight excluding hydrogens is 413 g/mol. The molecule has 3 rings (SSSR count). The maximum Gasteiger partial charge on any atom is 0.252 e. The van der Waals surface area contributed by atoms with E-state index in [4.69, 9.17) is 16.9 Å². The SMILES string of the molecule is C[C@@H](N/C=C/C=C1\CC[C@H](c2ccc(C(=O)NCC#N)cc2)C1)c1ccc(F)c(Cl)c1. The van der Waals surface area contributed by atoms with Crippen molar-refractivity contribution >= 4 is 17.5 Å². The van der Waals surface area contributed by atoms with E-state index in [1.807, 2.05) is 49.5 Å². The number of halogens is 2. The van der Waals surface area contributed by atoms with Crippen molar-refractivity contribution in [3.63, 3.8) is 0 Å². The Hall–Kier alpha value is -3.10. The third kappa shape index (κ3) is 6.19. The summed E-state index contributed by atoms with van der Waals surface area (Å²) in [6.45, 7) is 2.01. The van der Waals surface area contributed by atoms with Crippen LogP contribution in [-0.2, 0) is 0 Å². The molecule has 0 heterocycles. The quantitative estimate of drug-likeness (QED) is 0.539. The van der Waals surface area contributed by atoms with Crippen molar-refractivity contribution < 1.29 is 9.18 Å². The smallest absolute Gasteiger partial charge is 0.252 e. The summed E-state index contributed by atoms with van der Waals surface area (Å²) < 4.78 is 13.3. The zero-order chi connectivity index (χ0) is 22.2. The highest BCUT2D eigenvalue weighted by atomic mass is 35.5. The van der Waals surface area contributed by atoms with Crippen molar-refractivity contribution in [3.05, 3.63) is 93.9 Å². The molecule has 31 heavy (non-hydrogen) atoms. The zero-order valence-electron chi connectivity index (χ0n) is 17.4. The molecule has 6 heteroatoms. The van der Waals surface area contributed by atoms with Gasteiger partial charge in [-0.15, -0.1) is 0 Å². The van der Waals surface area contributed by atoms with Gasteiger partial charge in [0.1, 0.15) is 12.4 Å². The van der Waals surface area contributed by atoms with E-state index in [-0.39, 0.29) is 23.5 Å². The summed E-state index contributed by atoms with van der Waals surface area (Å²) in [5.41, 5.74) is 4.10. The number of nitrogens with one attached hydrogen (secondary N) is 2. The zero-order valence-corrected chi connectivity index (χ0v) is 18.1. The molecule has 0 bridgehead atoms. The van der Waals surface area contributed by atoms with Crippen LogP contribution in [0.4, 0.5) is 4.39 Å². The predicted octanol–water partition coefficient (Wildman–Crippen LogP) is 5.79. The Labute approximate surface area is 187 Å². The van der Waals surface area contributed by atoms with E-state index < -0.39 is 5.82 Å². The van der Waals surface area contributed by atoms with Gasteiger partial charge in [0, 0.05) is 11.6 Å². The van der Waals surface area contributed by atoms with E-state index in [1.165, 1.54) is 17.2 Å². The first-order valence-corrected chi connectivity index (χ1v) is 10.7. The second kappa shape index (κ2) is 10.8. The van der Waals surface area contributed by atoms with Gasteiger partial charge in [0.25, 0.3) is 5.91 Å². The molecule has 2 aromatic carbocycles. The summed E-state index contributed by atoms with van der Waals surface area (Å²) in [5, 5.41) is 14.5. The fourth-order valence-corrected chi connectivity index (χ4v) is 3.90. The molecule has 0 radical (unpaired) electrons. The van der Waals surface area contributed by atoms with E-state index >= 15 is 0 Å². The van der Waals surface area contributed by atoms with Crippen LogP contribution in [0.3, 0.4) is 0 Å². The van der Waals surface area contributed by atoms with Gasteiger partial charge < -0.3 is 10.6 Å². The first-order chi connectivity index (χ1) is 15.0. The summed E-state index contributed by atoms with van der Waals surface area (Å²) in [5.74, 6) is -0.190. The first kappa shape index (κ1) is 22.6. The van der Waals surface area contributed by atoms with Crippen LogP contribution < -0.4 is 10.6 Å². The molecule has 1 fully saturated rings. The minimum absolute atomic E-state index is 0.0101. The van der Waals surface area contributed by atoms with Crippen molar-refractivity contribution in [2.75, 3.05) is 6.54 Å². The number of nitrogens with zero attached hydrogens (tertiary/aromatic N) is 1. The minimum atomic E-state index is -0.411. The topological polar surface area (TPSA) is 64.9 Å². The number of carbonyl (C=O) groups excluding carboxylic acids is 1. The maximum absolute atomic E-state index is 13.3. The van der Waals surface area contributed by atoms with Crippen molar-refractivity contribution in [2.45, 2.75) is 38.1 Å². The summed E-state index contributed by atoms with van der Waals surface area (Å²) in [6.07, 6.45) is 9.16. The fourth-order valence-electron chi connectivity index (χ4n) is 3.71. The van der Waals surface area contributed by atoms with Crippen LogP contribution in [0.15, 0.2) is 66.4 Å². The second-order valence-corrected chi connectivity index (χ2v) is 8.06. The number of carbonyl (C=O) groups is 1. The average molecular weight is 438 g/mol. The Kier molecular flexibility index (Phi) is 7.86. The molecule has 160 valence electrons. The highest BCUT2D eigenvalue weighted by Gasteiger charge is 2.20. The van der Waals surface area contributed by atoms with E-state index in [9.17, 15) is 9.18 Å². The summed E-state index contributed by atoms with van der Waals surface area (Å²) >= 11 is 5.85. The number of hydrogen-bond acceptors (Lipinski definition) is 3. The van der Waals surface area contributed by atoms with E-state index in [0.29, 0.717) is 11.5 Å². The number of hydrogen-bond donors (Lipinski definition) is 2. The van der Waals surface area contributed by atoms with E-state index in [0.717, 1.165) is 24.8 Å². The number of benzene rings is 2. The molecular formula is C25H25ClFN3O. The summed E-state index contributed by atoms with van der Waals surface area (Å²) in [7, 11) is 0. The van der Waals surface area contributed by atoms with Gasteiger partial charge in [-0.1, -0.05) is 41.4 Å². The minimum Gasteiger partial charge on any atom is -0.384 e. The van der Waals surface area contributed by atoms with Crippen LogP contribution in [0.25, 0.3) is 0 Å². The normalized spacial score (nSPS) is 18.1. The molecule has 1 saturated carbocycles. The highest BCUT2D eigenvalue weighted by molar-refractivity contribution is 6.30. The van der Waals surface area contributed by atoms with Gasteiger partial charge in [-0.3, -0.25) is 4.79 Å². The van der Waals surface area contributed by atoms with Gasteiger partial charge in [-0.05, 0) is 79.8 Å². The molecule has 0 unspecified atom stereocenters. The van der Waals surface area contributed by atoms with Crippen molar-refractivity contribution in [3.8, 4) is 6.07 Å². The number of nitriles is 1. The molecule has 0 spiro atoms. The third-order valence-electron chi connectivity index (χ3n) is 5.51. The van der Waals surface area contributed by atoms with E-state index in [2.05, 4.69) is 16.7 Å². The third-order valence-corrected chi connectivity index (χ3v) is 5.80. The molecule has 2 N–H and O–H groups in total. The maximum atomic E-state index is 13.3. The number of rotatable bonds is 7. The lowest BCUT2D eigenvalue weighted by atomic mass is 9.96. The Balaban J connectivity index is 1.51. The van der Waals surface area contributed by atoms with Gasteiger partial charge >= 0.3 is 0 Å². The Bertz CT molecular complexity index is 1020. The van der Waals surface area contributed by atoms with Crippen LogP contribution in [0.5, 0.6) is 0 Å². The monoisotopic (exact) mass is 437 g/mol. The number of amides is 1. The van der Waals surface area contributed by atoms with Crippen LogP contribution in [0.1, 0.15) is 59.6 Å². The molecule has 0 saturated heterocycles. The molecule has 1 aliphatic carbocycles. The van der Waals surface area contributed by atoms with Gasteiger partial charge in [0.2, 0.25) is 0 Å². The molecule has 0 aliphatic heterocycles. The van der Waals surface area contributed by atoms with Gasteiger partial charge in [0.05, 0.1) is 11.1 Å². The molecule has 1 amide bonds. The van der Waals surface area contributed by atoms with Gasteiger partial charge in [0.15, 0.2) is 0 Å². The van der Waals surface area contributed by atoms with E-state index in [1.54, 1.807) is 12.1 Å². The lowest BCUT2D eigenvalue weighted by molar-refractivity contribution is 0.0958. The Morgan fingerprint density at radius 3 is 2.81 bits per heavy atom. The lowest BCUT2D eigenvalue weighted by Gasteiger charge is -2.12. The number of allylic oxidation sites excluding steroid dienone is 3. The van der Waals surface area contributed by atoms with Crippen LogP contribution in [-0.4, -0.2) is 12.5 Å². The fraction of sp³-hybridized carbons (Fsp3) is 0.280. The van der Waals surface area contributed by atoms with Crippen molar-refractivity contribution in [1.82, 2.24) is 10.6 Å². The summed E-state index contributed by atoms with van der Waals surface area (Å²) in [4.78, 5) is 11.9. The average Bonchev–Trinajstić information content (AvgIpc) is 3.26. The largest absolute Gasteiger partial charge is 0.384 e. The van der Waals surface area contributed by atoms with Crippen molar-refractivity contribution in [2.24, 2.45) is 0 Å². The van der Waals surface area contributed by atoms with Gasteiger partial charge in [-0.2, -0.15) is 5.26 Å². The van der Waals surface area contributed by atoms with Crippen LogP contribution >= 0.6 is 11.6 Å². The molecule has 2 aromatic rings. The molecule has 4 nitrogen and oxygen atoms in total. The van der Waals surface area contributed by atoms with Crippen molar-refractivity contribution in [1.29, 1.82) is 5.26 Å². The Morgan fingerprint density at radius 1 is 1.32 bits per heavy atom. The Morgan fingerprint density at radius 2 is 2.10 bits per heavy atom. The molecule has 1 aliphatic rings. The predicted molar refractivity (Wildman–Crippen MR) is 121 cm³/mol.